The van der Waals surface area contributed by atoms with E-state index in [9.17, 15) is 29.4 Å². The van der Waals surface area contributed by atoms with Gasteiger partial charge >= 0.3 is 5.97 Å². The minimum atomic E-state index is -1.06. The largest absolute Gasteiger partial charge is 0.506 e. The summed E-state index contributed by atoms with van der Waals surface area (Å²) in [5, 5.41) is 30.9. The van der Waals surface area contributed by atoms with E-state index in [0.717, 1.165) is 11.1 Å². The van der Waals surface area contributed by atoms with E-state index in [1.165, 1.54) is 33.4 Å². The molecule has 0 aliphatic carbocycles. The maximum atomic E-state index is 12.4. The normalized spacial score (nSPS) is 10.5. The number of carboxylic acid groups (broad SMARTS) is 1. The number of aromatic nitrogens is 2. The first kappa shape index (κ1) is 31.4. The minimum Gasteiger partial charge on any atom is -0.506 e. The van der Waals surface area contributed by atoms with E-state index < -0.39 is 11.5 Å². The zero-order valence-electron chi connectivity index (χ0n) is 22.7. The molecule has 4 N–H and O–H groups in total. The van der Waals surface area contributed by atoms with Gasteiger partial charge in [-0.15, -0.1) is 0 Å². The van der Waals surface area contributed by atoms with Crippen LogP contribution in [0.3, 0.4) is 0 Å². The van der Waals surface area contributed by atoms with Crippen molar-refractivity contribution in [3.05, 3.63) is 112 Å². The van der Waals surface area contributed by atoms with E-state index in [2.05, 4.69) is 37.2 Å². The average Bonchev–Trinajstić information content (AvgIpc) is 2.92. The first-order valence-corrected chi connectivity index (χ1v) is 13.7. The molecule has 0 spiro atoms. The van der Waals surface area contributed by atoms with Crippen molar-refractivity contribution in [2.24, 2.45) is 0 Å². The number of hydrogen-bond donors (Lipinski definition) is 4. The van der Waals surface area contributed by atoms with E-state index >= 15 is 0 Å². The monoisotopic (exact) mass is 687 g/mol. The highest BCUT2D eigenvalue weighted by molar-refractivity contribution is 9.10. The number of carbonyl (C=O) groups is 2. The quantitative estimate of drug-likeness (QED) is 0.238. The summed E-state index contributed by atoms with van der Waals surface area (Å²) >= 11 is 6.12. The molecule has 0 fully saturated rings. The lowest BCUT2D eigenvalue weighted by Crippen LogP contribution is -2.23. The average molecular weight is 689 g/mol. The van der Waals surface area contributed by atoms with Gasteiger partial charge in [-0.05, 0) is 94.9 Å². The number of pyridine rings is 2. The molecule has 41 heavy (non-hydrogen) atoms. The molecule has 2 aromatic heterocycles. The lowest BCUT2D eigenvalue weighted by Gasteiger charge is -2.15. The molecule has 0 saturated heterocycles. The number of benzene rings is 2. The number of carbonyl (C=O) groups excluding carboxylic acids is 1. The van der Waals surface area contributed by atoms with Crippen LogP contribution in [0, 0.1) is 27.7 Å². The fourth-order valence-electron chi connectivity index (χ4n) is 4.11. The van der Waals surface area contributed by atoms with Crippen LogP contribution >= 0.6 is 31.9 Å². The van der Waals surface area contributed by atoms with Crippen molar-refractivity contribution in [3.63, 3.8) is 0 Å². The van der Waals surface area contributed by atoms with Crippen molar-refractivity contribution in [2.75, 3.05) is 7.05 Å². The van der Waals surface area contributed by atoms with Crippen LogP contribution in [0.1, 0.15) is 43.2 Å². The van der Waals surface area contributed by atoms with Gasteiger partial charge in [0, 0.05) is 36.1 Å². The summed E-state index contributed by atoms with van der Waals surface area (Å²) in [6.07, 6.45) is 0. The molecule has 4 aromatic rings. The number of amides is 1. The number of carboxylic acids is 1. The summed E-state index contributed by atoms with van der Waals surface area (Å²) in [4.78, 5) is 47.4. The van der Waals surface area contributed by atoms with Crippen molar-refractivity contribution >= 4 is 43.7 Å². The van der Waals surface area contributed by atoms with Gasteiger partial charge in [-0.1, -0.05) is 12.1 Å². The van der Waals surface area contributed by atoms with E-state index in [1.54, 1.807) is 52.1 Å². The van der Waals surface area contributed by atoms with Crippen LogP contribution in [0.25, 0.3) is 11.4 Å². The lowest BCUT2D eigenvalue weighted by molar-refractivity contribution is 0.0696. The molecule has 0 aliphatic rings. The van der Waals surface area contributed by atoms with Gasteiger partial charge in [-0.2, -0.15) is 0 Å². The van der Waals surface area contributed by atoms with Gasteiger partial charge in [0.25, 0.3) is 17.0 Å². The molecular weight excluding hydrogens is 662 g/mol. The second-order valence-electron chi connectivity index (χ2n) is 9.14. The molecule has 2 aromatic carbocycles. The van der Waals surface area contributed by atoms with E-state index in [4.69, 9.17) is 5.11 Å². The molecule has 0 bridgehead atoms. The third kappa shape index (κ3) is 6.44. The Labute approximate surface area is 251 Å². The zero-order chi connectivity index (χ0) is 30.8. The predicted octanol–water partition coefficient (Wildman–Crippen LogP) is 4.90. The molecule has 10 nitrogen and oxygen atoms in total. The second kappa shape index (κ2) is 12.6. The van der Waals surface area contributed by atoms with Crippen LogP contribution in [0.2, 0.25) is 0 Å². The summed E-state index contributed by atoms with van der Waals surface area (Å²) in [5.41, 5.74) is 3.56. The van der Waals surface area contributed by atoms with Gasteiger partial charge in [-0.25, -0.2) is 4.79 Å². The maximum Gasteiger partial charge on any atom is 0.335 e. The minimum absolute atomic E-state index is 0.0447. The summed E-state index contributed by atoms with van der Waals surface area (Å²) in [5.74, 6) is -1.53. The summed E-state index contributed by atoms with van der Waals surface area (Å²) < 4.78 is 2.97. The molecular formula is C29H27Br2N3O7. The number of aryl methyl sites for hydroxylation is 4. The number of rotatable bonds is 4. The molecule has 0 aliphatic heterocycles. The van der Waals surface area contributed by atoms with Crippen LogP contribution < -0.4 is 16.4 Å². The fourth-order valence-corrected chi connectivity index (χ4v) is 4.69. The Morgan fingerprint density at radius 3 is 1.49 bits per heavy atom. The number of halogens is 2. The SMILES string of the molecule is CNC(=O)c1ccc(C)c(-n2c(C)cc(O)c(Br)c2=O)c1.Cc1ccc(C(=O)O)cc1-n1c(C)cc(O)c(Br)c1=O. The second-order valence-corrected chi connectivity index (χ2v) is 10.7. The Morgan fingerprint density at radius 1 is 0.707 bits per heavy atom. The van der Waals surface area contributed by atoms with Crippen LogP contribution in [0.15, 0.2) is 67.1 Å². The highest BCUT2D eigenvalue weighted by Gasteiger charge is 2.16. The van der Waals surface area contributed by atoms with Crippen molar-refractivity contribution in [1.82, 2.24) is 14.5 Å². The van der Waals surface area contributed by atoms with Crippen molar-refractivity contribution < 1.29 is 24.9 Å². The Bertz CT molecular complexity index is 1810. The summed E-state index contributed by atoms with van der Waals surface area (Å²) in [6.45, 7) is 7.03. The van der Waals surface area contributed by atoms with Crippen molar-refractivity contribution in [2.45, 2.75) is 27.7 Å². The zero-order valence-corrected chi connectivity index (χ0v) is 25.9. The number of aromatic hydroxyl groups is 2. The fraction of sp³-hybridized carbons (Fsp3) is 0.172. The topological polar surface area (TPSA) is 151 Å². The Kier molecular flexibility index (Phi) is 9.61. The molecule has 0 radical (unpaired) electrons. The van der Waals surface area contributed by atoms with Crippen molar-refractivity contribution in [1.29, 1.82) is 0 Å². The maximum absolute atomic E-state index is 12.4. The first-order valence-electron chi connectivity index (χ1n) is 12.1. The first-order chi connectivity index (χ1) is 19.2. The van der Waals surface area contributed by atoms with E-state index in [0.29, 0.717) is 28.3 Å². The van der Waals surface area contributed by atoms with Crippen LogP contribution in [-0.4, -0.2) is 43.4 Å². The molecule has 4 rings (SSSR count). The van der Waals surface area contributed by atoms with Gasteiger partial charge in [0.05, 0.1) is 16.9 Å². The molecule has 1 amide bonds. The molecule has 0 atom stereocenters. The third-order valence-corrected chi connectivity index (χ3v) is 7.76. The summed E-state index contributed by atoms with van der Waals surface area (Å²) in [6, 6.07) is 12.7. The highest BCUT2D eigenvalue weighted by Crippen LogP contribution is 2.25. The van der Waals surface area contributed by atoms with Gasteiger partial charge in [0.1, 0.15) is 20.4 Å². The van der Waals surface area contributed by atoms with E-state index in [1.807, 2.05) is 6.92 Å². The Balaban J connectivity index is 0.000000226. The molecule has 12 heteroatoms. The molecule has 0 unspecified atom stereocenters. The van der Waals surface area contributed by atoms with Gasteiger partial charge in [0.2, 0.25) is 0 Å². The highest BCUT2D eigenvalue weighted by atomic mass is 79.9. The number of nitrogens with one attached hydrogen (secondary N) is 1. The van der Waals surface area contributed by atoms with Gasteiger partial charge in [0.15, 0.2) is 0 Å². The number of aromatic carboxylic acids is 1. The smallest absolute Gasteiger partial charge is 0.335 e. The Morgan fingerprint density at radius 2 is 1.10 bits per heavy atom. The van der Waals surface area contributed by atoms with E-state index in [-0.39, 0.29) is 37.5 Å². The standard InChI is InChI=1S/C15H15BrN2O3.C14H12BrNO4/c1-8-4-5-10(14(20)17-3)7-11(8)18-9(2)6-12(19)13(16)15(18)21;1-7-3-4-9(14(19)20)6-10(7)16-8(2)5-11(17)12(15)13(16)18/h4-7,19H,1-3H3,(H,17,20);3-6,17H,1-2H3,(H,19,20). The van der Waals surface area contributed by atoms with Gasteiger partial charge in [-0.3, -0.25) is 23.5 Å². The van der Waals surface area contributed by atoms with Crippen molar-refractivity contribution in [3.8, 4) is 22.9 Å². The van der Waals surface area contributed by atoms with Gasteiger partial charge < -0.3 is 20.6 Å². The van der Waals surface area contributed by atoms with Crippen LogP contribution in [-0.2, 0) is 0 Å². The predicted molar refractivity (Wildman–Crippen MR) is 162 cm³/mol. The summed E-state index contributed by atoms with van der Waals surface area (Å²) in [7, 11) is 1.55. The van der Waals surface area contributed by atoms with Crippen LogP contribution in [0.4, 0.5) is 0 Å². The molecule has 2 heterocycles. The lowest BCUT2D eigenvalue weighted by atomic mass is 10.1. The number of nitrogens with zero attached hydrogens (tertiary/aromatic N) is 2. The Hall–Kier alpha value is -4.16. The third-order valence-electron chi connectivity index (χ3n) is 6.26. The molecule has 214 valence electrons. The molecule has 0 saturated carbocycles. The number of hydrogen-bond acceptors (Lipinski definition) is 6. The van der Waals surface area contributed by atoms with Crippen LogP contribution in [0.5, 0.6) is 11.5 Å².